The molecule has 0 fully saturated rings. The van der Waals surface area contributed by atoms with Crippen molar-refractivity contribution in [3.05, 3.63) is 49.3 Å². The van der Waals surface area contributed by atoms with Crippen LogP contribution in [0.5, 0.6) is 0 Å². The van der Waals surface area contributed by atoms with Crippen LogP contribution in [-0.2, 0) is 0 Å². The molecule has 0 amide bonds. The van der Waals surface area contributed by atoms with Gasteiger partial charge < -0.3 is 5.32 Å². The zero-order valence-electron chi connectivity index (χ0n) is 9.30. The van der Waals surface area contributed by atoms with Gasteiger partial charge in [0.1, 0.15) is 0 Å². The first-order chi connectivity index (χ1) is 8.92. The number of hydrogen-bond donors (Lipinski definition) is 1. The van der Waals surface area contributed by atoms with Crippen molar-refractivity contribution >= 4 is 11.6 Å². The van der Waals surface area contributed by atoms with E-state index in [2.05, 4.69) is 30.4 Å². The van der Waals surface area contributed by atoms with Gasteiger partial charge in [-0.15, -0.1) is 0 Å². The Morgan fingerprint density at radius 1 is 0.889 bits per heavy atom. The van der Waals surface area contributed by atoms with Crippen molar-refractivity contribution in [3.8, 4) is 5.95 Å². The summed E-state index contributed by atoms with van der Waals surface area (Å²) in [6, 6.07) is 3.51. The molecule has 18 heavy (non-hydrogen) atoms. The smallest absolute Gasteiger partial charge is 0.250 e. The molecular weight excluding hydrogens is 230 g/mol. The number of rotatable bonds is 3. The molecule has 1 N–H and O–H groups in total. The maximum atomic E-state index is 4.16. The van der Waals surface area contributed by atoms with E-state index < -0.39 is 0 Å². The number of anilines is 2. The van der Waals surface area contributed by atoms with Crippen LogP contribution in [0.4, 0.5) is 11.6 Å². The molecule has 7 nitrogen and oxygen atoms in total. The quantitative estimate of drug-likeness (QED) is 0.739. The second-order valence-electron chi connectivity index (χ2n) is 3.42. The minimum absolute atomic E-state index is 0.513. The topological polar surface area (TPSA) is 81.4 Å². The van der Waals surface area contributed by atoms with Crippen LogP contribution in [0.1, 0.15) is 0 Å². The molecule has 0 aromatic carbocycles. The fraction of sp³-hybridized carbons (Fsp3) is 0. The molecule has 0 saturated carbocycles. The van der Waals surface area contributed by atoms with Crippen LogP contribution in [0, 0.1) is 0 Å². The zero-order chi connectivity index (χ0) is 12.2. The maximum Gasteiger partial charge on any atom is 0.250 e. The maximum absolute atomic E-state index is 4.16. The summed E-state index contributed by atoms with van der Waals surface area (Å²) in [7, 11) is 0. The molecule has 0 atom stereocenters. The molecular formula is C11H9N7. The van der Waals surface area contributed by atoms with Crippen LogP contribution < -0.4 is 5.32 Å². The lowest BCUT2D eigenvalue weighted by molar-refractivity contribution is 0.808. The molecule has 0 aliphatic carbocycles. The average Bonchev–Trinajstić information content (AvgIpc) is 2.89. The summed E-state index contributed by atoms with van der Waals surface area (Å²) in [6.45, 7) is 0. The average molecular weight is 239 g/mol. The van der Waals surface area contributed by atoms with Crippen LogP contribution >= 0.6 is 0 Å². The second-order valence-corrected chi connectivity index (χ2v) is 3.42. The van der Waals surface area contributed by atoms with Crippen LogP contribution in [-0.4, -0.2) is 29.7 Å². The largest absolute Gasteiger partial charge is 0.321 e. The summed E-state index contributed by atoms with van der Waals surface area (Å²) in [5, 5.41) is 7.19. The van der Waals surface area contributed by atoms with E-state index in [1.807, 2.05) is 0 Å². The third kappa shape index (κ3) is 2.14. The van der Waals surface area contributed by atoms with Crippen molar-refractivity contribution in [1.82, 2.24) is 29.7 Å². The summed E-state index contributed by atoms with van der Waals surface area (Å²) in [5.41, 5.74) is 0.772. The SMILES string of the molecule is c1cnc(Nc2cnn(-c3ncccn3)c2)nc1. The van der Waals surface area contributed by atoms with E-state index in [4.69, 9.17) is 0 Å². The molecule has 0 spiro atoms. The van der Waals surface area contributed by atoms with Crippen molar-refractivity contribution < 1.29 is 0 Å². The van der Waals surface area contributed by atoms with Crippen LogP contribution in [0.2, 0.25) is 0 Å². The van der Waals surface area contributed by atoms with Gasteiger partial charge in [-0.3, -0.25) is 0 Å². The Morgan fingerprint density at radius 3 is 2.28 bits per heavy atom. The third-order valence-electron chi connectivity index (χ3n) is 2.16. The Balaban J connectivity index is 1.82. The van der Waals surface area contributed by atoms with E-state index >= 15 is 0 Å². The highest BCUT2D eigenvalue weighted by atomic mass is 15.3. The molecule has 0 aliphatic heterocycles. The Bertz CT molecular complexity index is 620. The second kappa shape index (κ2) is 4.58. The summed E-state index contributed by atoms with van der Waals surface area (Å²) >= 11 is 0. The van der Waals surface area contributed by atoms with Crippen molar-refractivity contribution in [2.45, 2.75) is 0 Å². The van der Waals surface area contributed by atoms with Crippen LogP contribution in [0.25, 0.3) is 5.95 Å². The molecule has 0 unspecified atom stereocenters. The fourth-order valence-corrected chi connectivity index (χ4v) is 1.40. The Morgan fingerprint density at radius 2 is 1.56 bits per heavy atom. The molecule has 3 aromatic heterocycles. The Kier molecular flexibility index (Phi) is 2.63. The highest BCUT2D eigenvalue weighted by Crippen LogP contribution is 2.11. The van der Waals surface area contributed by atoms with Gasteiger partial charge in [0.25, 0.3) is 0 Å². The van der Waals surface area contributed by atoms with Crippen molar-refractivity contribution in [2.24, 2.45) is 0 Å². The van der Waals surface area contributed by atoms with Gasteiger partial charge in [-0.25, -0.2) is 24.6 Å². The summed E-state index contributed by atoms with van der Waals surface area (Å²) in [5.74, 6) is 1.03. The van der Waals surface area contributed by atoms with E-state index in [0.29, 0.717) is 11.9 Å². The lowest BCUT2D eigenvalue weighted by Gasteiger charge is -1.99. The van der Waals surface area contributed by atoms with E-state index in [0.717, 1.165) is 5.69 Å². The molecule has 0 aliphatic rings. The molecule has 88 valence electrons. The van der Waals surface area contributed by atoms with Crippen LogP contribution in [0.15, 0.2) is 49.3 Å². The summed E-state index contributed by atoms with van der Waals surface area (Å²) < 4.78 is 1.57. The van der Waals surface area contributed by atoms with Crippen molar-refractivity contribution in [2.75, 3.05) is 5.32 Å². The van der Waals surface area contributed by atoms with E-state index in [1.54, 1.807) is 54.0 Å². The normalized spacial score (nSPS) is 10.2. The number of aromatic nitrogens is 6. The predicted molar refractivity (Wildman–Crippen MR) is 64.5 cm³/mol. The van der Waals surface area contributed by atoms with E-state index in [1.165, 1.54) is 0 Å². The van der Waals surface area contributed by atoms with E-state index in [9.17, 15) is 0 Å². The van der Waals surface area contributed by atoms with Gasteiger partial charge in [0.2, 0.25) is 11.9 Å². The fourth-order valence-electron chi connectivity index (χ4n) is 1.40. The first-order valence-electron chi connectivity index (χ1n) is 5.28. The molecule has 7 heteroatoms. The molecule has 0 radical (unpaired) electrons. The van der Waals surface area contributed by atoms with Gasteiger partial charge in [0.05, 0.1) is 18.1 Å². The standard InChI is InChI=1S/C11H9N7/c1-3-12-10(13-4-1)17-9-7-16-18(8-9)11-14-5-2-6-15-11/h1-8H,(H,12,13,17). The van der Waals surface area contributed by atoms with Crippen molar-refractivity contribution in [1.29, 1.82) is 0 Å². The lowest BCUT2D eigenvalue weighted by atomic mass is 10.5. The highest BCUT2D eigenvalue weighted by Gasteiger charge is 2.03. The number of hydrogen-bond acceptors (Lipinski definition) is 6. The number of nitrogens with zero attached hydrogens (tertiary/aromatic N) is 6. The monoisotopic (exact) mass is 239 g/mol. The van der Waals surface area contributed by atoms with Gasteiger partial charge in [-0.1, -0.05) is 0 Å². The first-order valence-corrected chi connectivity index (χ1v) is 5.28. The molecule has 3 heterocycles. The third-order valence-corrected chi connectivity index (χ3v) is 2.16. The van der Waals surface area contributed by atoms with E-state index in [-0.39, 0.29) is 0 Å². The lowest BCUT2D eigenvalue weighted by Crippen LogP contribution is -2.00. The zero-order valence-corrected chi connectivity index (χ0v) is 9.30. The minimum Gasteiger partial charge on any atom is -0.321 e. The Hall–Kier alpha value is -2.83. The summed E-state index contributed by atoms with van der Waals surface area (Å²) in [6.07, 6.45) is 10.1. The summed E-state index contributed by atoms with van der Waals surface area (Å²) in [4.78, 5) is 16.3. The van der Waals surface area contributed by atoms with Crippen LogP contribution in [0.3, 0.4) is 0 Å². The molecule has 3 rings (SSSR count). The van der Waals surface area contributed by atoms with Crippen molar-refractivity contribution in [3.63, 3.8) is 0 Å². The minimum atomic E-state index is 0.513. The highest BCUT2D eigenvalue weighted by molar-refractivity contribution is 5.50. The van der Waals surface area contributed by atoms with Gasteiger partial charge in [0.15, 0.2) is 0 Å². The van der Waals surface area contributed by atoms with Gasteiger partial charge in [-0.05, 0) is 12.1 Å². The molecule has 0 saturated heterocycles. The first kappa shape index (κ1) is 10.3. The Labute approximate surface area is 103 Å². The van der Waals surface area contributed by atoms with Gasteiger partial charge in [0, 0.05) is 24.8 Å². The predicted octanol–water partition coefficient (Wildman–Crippen LogP) is 1.20. The van der Waals surface area contributed by atoms with Gasteiger partial charge >= 0.3 is 0 Å². The molecule has 0 bridgehead atoms. The van der Waals surface area contributed by atoms with Gasteiger partial charge in [-0.2, -0.15) is 5.10 Å². The number of nitrogens with one attached hydrogen (secondary N) is 1. The molecule has 3 aromatic rings.